The Morgan fingerprint density at radius 2 is 1.04 bits per heavy atom. The van der Waals surface area contributed by atoms with Crippen LogP contribution in [0.1, 0.15) is 6.85 Å². The second kappa shape index (κ2) is 9.29. The monoisotopic (exact) mass is 575 g/mol. The molecule has 0 unspecified atom stereocenters. The Hall–Kier alpha value is -5.92. The van der Waals surface area contributed by atoms with Gasteiger partial charge in [0.25, 0.3) is 0 Å². The second-order valence-electron chi connectivity index (χ2n) is 11.7. The molecule has 45 heavy (non-hydrogen) atoms. The van der Waals surface area contributed by atoms with Crippen molar-refractivity contribution in [1.82, 2.24) is 0 Å². The number of hydrogen-bond acceptors (Lipinski definition) is 1. The predicted octanol–water partition coefficient (Wildman–Crippen LogP) is 12.5. The molecule has 0 N–H and O–H groups in total. The molecule has 1 aliphatic heterocycles. The molecule has 0 saturated heterocycles. The molecule has 0 fully saturated rings. The lowest BCUT2D eigenvalue weighted by Gasteiger charge is -2.22. The van der Waals surface area contributed by atoms with Gasteiger partial charge in [-0.25, -0.2) is 0 Å². The van der Waals surface area contributed by atoms with Gasteiger partial charge in [0.1, 0.15) is 11.5 Å². The minimum Gasteiger partial charge on any atom is -0.456 e. The molecule has 0 spiro atoms. The third kappa shape index (κ3) is 3.62. The molecule has 0 bridgehead atoms. The summed E-state index contributed by atoms with van der Waals surface area (Å²) in [5.74, 6) is 1.74. The molecular formula is C44H26O. The zero-order valence-electron chi connectivity index (χ0n) is 29.0. The normalized spacial score (nSPS) is 13.7. The van der Waals surface area contributed by atoms with Crippen molar-refractivity contribution in [2.24, 2.45) is 0 Å². The third-order valence-corrected chi connectivity index (χ3v) is 9.28. The van der Waals surface area contributed by atoms with E-state index < -0.39 is 0 Å². The van der Waals surface area contributed by atoms with Crippen molar-refractivity contribution in [1.29, 1.82) is 0 Å². The standard InChI is InChI=1S/C44H26O/c1-2-8-27(9-3-1)34-20-16-28-19-23-38-35(21-17-29-18-22-37(34)43(28)44(29)38)31-11-6-10-30(24-31)33-25-32-12-7-15-41-42(32)39(26-33)36-13-4-5-14-40(36)45-41/h1-26H/i1D,2D,3D,8D,9D. The molecule has 0 saturated carbocycles. The van der Waals surface area contributed by atoms with Crippen LogP contribution in [-0.2, 0) is 0 Å². The SMILES string of the molecule is [2H]c1c([2H])c([2H])c(-c2ccc3ccc4c(-c5cccc(-c6cc7c8c(cccc8c6)Oc6ccccc6-7)c5)ccc5ccc2c3c54)c([2H])c1[2H]. The molecule has 0 radical (unpaired) electrons. The van der Waals surface area contributed by atoms with Gasteiger partial charge < -0.3 is 4.74 Å². The first-order valence-corrected chi connectivity index (χ1v) is 15.1. The summed E-state index contributed by atoms with van der Waals surface area (Å²) in [6.45, 7) is 0. The molecule has 0 atom stereocenters. The van der Waals surface area contributed by atoms with E-state index >= 15 is 0 Å². The Morgan fingerprint density at radius 3 is 1.84 bits per heavy atom. The molecular weight excluding hydrogens is 544 g/mol. The lowest BCUT2D eigenvalue weighted by atomic mass is 9.86. The van der Waals surface area contributed by atoms with Crippen LogP contribution in [-0.4, -0.2) is 0 Å². The van der Waals surface area contributed by atoms with Crippen LogP contribution < -0.4 is 4.74 Å². The highest BCUT2D eigenvalue weighted by Gasteiger charge is 2.21. The second-order valence-corrected chi connectivity index (χ2v) is 11.7. The first-order valence-electron chi connectivity index (χ1n) is 17.6. The fourth-order valence-corrected chi connectivity index (χ4v) is 7.28. The van der Waals surface area contributed by atoms with E-state index in [2.05, 4.69) is 84.9 Å². The van der Waals surface area contributed by atoms with Crippen LogP contribution in [0.5, 0.6) is 11.5 Å². The number of rotatable bonds is 3. The van der Waals surface area contributed by atoms with Gasteiger partial charge in [0.05, 0.1) is 6.85 Å². The minimum atomic E-state index is -0.389. The molecule has 208 valence electrons. The molecule has 1 heterocycles. The molecule has 1 aliphatic rings. The van der Waals surface area contributed by atoms with E-state index in [0.29, 0.717) is 5.56 Å². The molecule has 1 nitrogen and oxygen atoms in total. The number of ether oxygens (including phenoxy) is 1. The van der Waals surface area contributed by atoms with Gasteiger partial charge in [0, 0.05) is 10.9 Å². The van der Waals surface area contributed by atoms with Gasteiger partial charge in [0.2, 0.25) is 0 Å². The Morgan fingerprint density at radius 1 is 0.378 bits per heavy atom. The highest BCUT2D eigenvalue weighted by molar-refractivity contribution is 6.27. The summed E-state index contributed by atoms with van der Waals surface area (Å²) in [5.41, 5.74) is 7.54. The van der Waals surface area contributed by atoms with E-state index in [9.17, 15) is 0 Å². The van der Waals surface area contributed by atoms with Gasteiger partial charge in [-0.1, -0.05) is 127 Å². The maximum Gasteiger partial charge on any atom is 0.135 e. The lowest BCUT2D eigenvalue weighted by Crippen LogP contribution is -1.97. The first kappa shape index (κ1) is 20.1. The summed E-state index contributed by atoms with van der Waals surface area (Å²) in [6, 6.07) is 42.8. The van der Waals surface area contributed by atoms with Crippen molar-refractivity contribution in [3.63, 3.8) is 0 Å². The fourth-order valence-electron chi connectivity index (χ4n) is 7.28. The smallest absolute Gasteiger partial charge is 0.135 e. The zero-order valence-corrected chi connectivity index (χ0v) is 24.0. The highest BCUT2D eigenvalue weighted by atomic mass is 16.5. The molecule has 1 heteroatoms. The quantitative estimate of drug-likeness (QED) is 0.190. The summed E-state index contributed by atoms with van der Waals surface area (Å²) in [5, 5.41) is 8.45. The van der Waals surface area contributed by atoms with Crippen LogP contribution in [0.4, 0.5) is 0 Å². The van der Waals surface area contributed by atoms with Gasteiger partial charge in [-0.2, -0.15) is 0 Å². The van der Waals surface area contributed by atoms with E-state index in [4.69, 9.17) is 11.6 Å². The average Bonchev–Trinajstić information content (AvgIpc) is 3.16. The van der Waals surface area contributed by atoms with E-state index in [1.807, 2.05) is 42.5 Å². The lowest BCUT2D eigenvalue weighted by molar-refractivity contribution is 0.487. The largest absolute Gasteiger partial charge is 0.456 e. The maximum atomic E-state index is 8.69. The van der Waals surface area contributed by atoms with Crippen molar-refractivity contribution in [2.75, 3.05) is 0 Å². The first-order chi connectivity index (χ1) is 24.4. The van der Waals surface area contributed by atoms with Crippen molar-refractivity contribution in [2.45, 2.75) is 0 Å². The molecule has 0 amide bonds. The summed E-state index contributed by atoms with van der Waals surface area (Å²) in [6.07, 6.45) is 0. The van der Waals surface area contributed by atoms with Gasteiger partial charge >= 0.3 is 0 Å². The number of hydrogen-bond donors (Lipinski definition) is 0. The van der Waals surface area contributed by atoms with Crippen LogP contribution in [0.25, 0.3) is 87.6 Å². The fraction of sp³-hybridized carbons (Fsp3) is 0. The summed E-state index contributed by atoms with van der Waals surface area (Å²) < 4.78 is 48.3. The summed E-state index contributed by atoms with van der Waals surface area (Å²) >= 11 is 0. The Labute approximate surface area is 267 Å². The maximum absolute atomic E-state index is 8.69. The summed E-state index contributed by atoms with van der Waals surface area (Å²) in [4.78, 5) is 0. The van der Waals surface area contributed by atoms with E-state index in [0.717, 1.165) is 88.0 Å². The number of benzene rings is 9. The zero-order chi connectivity index (χ0) is 33.8. The van der Waals surface area contributed by atoms with E-state index in [1.54, 1.807) is 0 Å². The Kier molecular flexibility index (Phi) is 4.15. The summed E-state index contributed by atoms with van der Waals surface area (Å²) in [7, 11) is 0. The highest BCUT2D eigenvalue weighted by Crippen LogP contribution is 2.48. The van der Waals surface area contributed by atoms with Crippen LogP contribution in [0.3, 0.4) is 0 Å². The number of fused-ring (bicyclic) bond motifs is 2. The van der Waals surface area contributed by atoms with Crippen molar-refractivity contribution in [3.05, 3.63) is 158 Å². The Balaban J connectivity index is 1.17. The van der Waals surface area contributed by atoms with Crippen LogP contribution in [0.15, 0.2) is 158 Å². The predicted molar refractivity (Wildman–Crippen MR) is 189 cm³/mol. The third-order valence-electron chi connectivity index (χ3n) is 9.28. The van der Waals surface area contributed by atoms with Crippen LogP contribution >= 0.6 is 0 Å². The van der Waals surface area contributed by atoms with Gasteiger partial charge in [-0.15, -0.1) is 0 Å². The molecule has 0 aliphatic carbocycles. The van der Waals surface area contributed by atoms with E-state index in [1.165, 1.54) is 0 Å². The molecule has 0 aromatic heterocycles. The van der Waals surface area contributed by atoms with Gasteiger partial charge in [-0.3, -0.25) is 0 Å². The van der Waals surface area contributed by atoms with Gasteiger partial charge in [0.15, 0.2) is 0 Å². The average molecular weight is 576 g/mol. The Bertz CT molecular complexity index is 2880. The number of para-hydroxylation sites is 1. The molecule has 9 aromatic rings. The van der Waals surface area contributed by atoms with Crippen LogP contribution in [0.2, 0.25) is 0 Å². The minimum absolute atomic E-state index is 0.196. The van der Waals surface area contributed by atoms with E-state index in [-0.39, 0.29) is 35.8 Å². The van der Waals surface area contributed by atoms with Gasteiger partial charge in [-0.05, 0) is 107 Å². The van der Waals surface area contributed by atoms with Crippen molar-refractivity contribution < 1.29 is 11.6 Å². The van der Waals surface area contributed by atoms with Crippen molar-refractivity contribution >= 4 is 43.1 Å². The van der Waals surface area contributed by atoms with Crippen molar-refractivity contribution in [3.8, 4) is 56.0 Å². The molecule has 9 aromatic carbocycles. The van der Waals surface area contributed by atoms with Crippen LogP contribution in [0, 0.1) is 0 Å². The molecule has 10 rings (SSSR count). The topological polar surface area (TPSA) is 9.23 Å².